The lowest BCUT2D eigenvalue weighted by molar-refractivity contribution is 0.112. The van der Waals surface area contributed by atoms with E-state index in [1.54, 1.807) is 18.2 Å². The molecular formula is C11H12BrF2NO2. The summed E-state index contributed by atoms with van der Waals surface area (Å²) in [4.78, 5) is 12.2. The molecule has 0 atom stereocenters. The van der Waals surface area contributed by atoms with E-state index in [2.05, 4.69) is 15.9 Å². The van der Waals surface area contributed by atoms with E-state index in [9.17, 15) is 13.6 Å². The van der Waals surface area contributed by atoms with Crippen LogP contribution in [0.3, 0.4) is 0 Å². The summed E-state index contributed by atoms with van der Waals surface area (Å²) in [5.74, 6) is 0. The maximum atomic E-state index is 12.4. The van der Waals surface area contributed by atoms with Gasteiger partial charge in [-0.1, -0.05) is 15.9 Å². The molecule has 1 aromatic carbocycles. The number of aliphatic hydroxyl groups is 1. The Morgan fingerprint density at radius 2 is 2.18 bits per heavy atom. The number of carbonyl (C=O) groups is 1. The number of halogens is 3. The molecule has 0 aliphatic rings. The molecule has 0 amide bonds. The third kappa shape index (κ3) is 4.05. The second-order valence-corrected chi connectivity index (χ2v) is 4.30. The molecule has 0 aromatic heterocycles. The van der Waals surface area contributed by atoms with Gasteiger partial charge in [0, 0.05) is 22.3 Å². The molecule has 3 nitrogen and oxygen atoms in total. The standard InChI is InChI=1S/C11H12BrF2NO2/c12-9-1-2-10(8(5-9)7-17)15(3-4-16)6-11(13)14/h1-2,5,7,11,16H,3-4,6H2. The fraction of sp³-hybridized carbons (Fsp3) is 0.364. The number of benzene rings is 1. The van der Waals surface area contributed by atoms with Crippen LogP contribution in [0.5, 0.6) is 0 Å². The minimum absolute atomic E-state index is 0.0623. The number of rotatable bonds is 6. The first-order valence-corrected chi connectivity index (χ1v) is 5.76. The van der Waals surface area contributed by atoms with E-state index in [4.69, 9.17) is 5.11 Å². The third-order valence-electron chi connectivity index (χ3n) is 2.19. The zero-order valence-corrected chi connectivity index (χ0v) is 10.5. The number of alkyl halides is 2. The quantitative estimate of drug-likeness (QED) is 0.820. The summed E-state index contributed by atoms with van der Waals surface area (Å²) in [7, 11) is 0. The van der Waals surface area contributed by atoms with Crippen molar-refractivity contribution in [3.63, 3.8) is 0 Å². The lowest BCUT2D eigenvalue weighted by atomic mass is 10.1. The minimum Gasteiger partial charge on any atom is -0.395 e. The molecule has 0 spiro atoms. The first kappa shape index (κ1) is 14.1. The van der Waals surface area contributed by atoms with Crippen LogP contribution >= 0.6 is 15.9 Å². The van der Waals surface area contributed by atoms with Crippen LogP contribution in [-0.4, -0.2) is 37.5 Å². The fourth-order valence-corrected chi connectivity index (χ4v) is 1.88. The van der Waals surface area contributed by atoms with Crippen molar-refractivity contribution in [2.24, 2.45) is 0 Å². The van der Waals surface area contributed by atoms with E-state index in [0.717, 1.165) is 0 Å². The first-order chi connectivity index (χ1) is 8.08. The maximum Gasteiger partial charge on any atom is 0.255 e. The molecule has 0 heterocycles. The maximum absolute atomic E-state index is 12.4. The molecule has 0 radical (unpaired) electrons. The number of aliphatic hydroxyl groups excluding tert-OH is 1. The molecule has 17 heavy (non-hydrogen) atoms. The van der Waals surface area contributed by atoms with Gasteiger partial charge in [-0.2, -0.15) is 0 Å². The SMILES string of the molecule is O=Cc1cc(Br)ccc1N(CCO)CC(F)F. The molecule has 0 saturated heterocycles. The van der Waals surface area contributed by atoms with Crippen LogP contribution in [0.4, 0.5) is 14.5 Å². The Balaban J connectivity index is 3.03. The summed E-state index contributed by atoms with van der Waals surface area (Å²) in [6.45, 7) is -0.697. The molecule has 6 heteroatoms. The predicted octanol–water partition coefficient (Wildman–Crippen LogP) is 2.33. The van der Waals surface area contributed by atoms with Gasteiger partial charge >= 0.3 is 0 Å². The smallest absolute Gasteiger partial charge is 0.255 e. The van der Waals surface area contributed by atoms with Gasteiger partial charge in [0.05, 0.1) is 13.2 Å². The molecule has 1 rings (SSSR count). The number of aldehydes is 1. The molecule has 0 bridgehead atoms. The topological polar surface area (TPSA) is 40.5 Å². The fourth-order valence-electron chi connectivity index (χ4n) is 1.51. The average Bonchev–Trinajstić information content (AvgIpc) is 2.27. The molecule has 0 aliphatic carbocycles. The summed E-state index contributed by atoms with van der Waals surface area (Å²) >= 11 is 3.20. The van der Waals surface area contributed by atoms with Crippen LogP contribution in [0.25, 0.3) is 0 Å². The molecular weight excluding hydrogens is 296 g/mol. The van der Waals surface area contributed by atoms with Gasteiger partial charge in [-0.05, 0) is 18.2 Å². The summed E-state index contributed by atoms with van der Waals surface area (Å²) < 4.78 is 25.5. The Kier molecular flexibility index (Phi) is 5.50. The Morgan fingerprint density at radius 1 is 1.47 bits per heavy atom. The normalized spacial score (nSPS) is 10.6. The van der Waals surface area contributed by atoms with Gasteiger partial charge < -0.3 is 10.0 Å². The van der Waals surface area contributed by atoms with Crippen LogP contribution in [0.1, 0.15) is 10.4 Å². The van der Waals surface area contributed by atoms with E-state index in [1.807, 2.05) is 0 Å². The number of carbonyl (C=O) groups excluding carboxylic acids is 1. The van der Waals surface area contributed by atoms with Gasteiger partial charge in [0.25, 0.3) is 6.43 Å². The lowest BCUT2D eigenvalue weighted by Gasteiger charge is -2.24. The summed E-state index contributed by atoms with van der Waals surface area (Å²) in [5.41, 5.74) is 0.714. The molecule has 0 unspecified atom stereocenters. The van der Waals surface area contributed by atoms with Crippen molar-refractivity contribution in [2.45, 2.75) is 6.43 Å². The molecule has 1 aromatic rings. The number of hydrogen-bond donors (Lipinski definition) is 1. The summed E-state index contributed by atoms with van der Waals surface area (Å²) in [6, 6.07) is 4.79. The van der Waals surface area contributed by atoms with Crippen LogP contribution < -0.4 is 4.90 Å². The Bertz CT molecular complexity index is 388. The zero-order valence-electron chi connectivity index (χ0n) is 8.94. The van der Waals surface area contributed by atoms with Gasteiger partial charge in [0.1, 0.15) is 0 Å². The van der Waals surface area contributed by atoms with E-state index < -0.39 is 13.0 Å². The average molecular weight is 308 g/mol. The Labute approximate surface area is 106 Å². The second kappa shape index (κ2) is 6.66. The third-order valence-corrected chi connectivity index (χ3v) is 2.68. The van der Waals surface area contributed by atoms with Gasteiger partial charge in [-0.25, -0.2) is 8.78 Å². The minimum atomic E-state index is -2.52. The van der Waals surface area contributed by atoms with E-state index in [1.165, 1.54) is 4.90 Å². The number of hydrogen-bond acceptors (Lipinski definition) is 3. The van der Waals surface area contributed by atoms with Crippen LogP contribution in [0, 0.1) is 0 Å². The predicted molar refractivity (Wildman–Crippen MR) is 64.8 cm³/mol. The lowest BCUT2D eigenvalue weighted by Crippen LogP contribution is -2.32. The highest BCUT2D eigenvalue weighted by Gasteiger charge is 2.15. The second-order valence-electron chi connectivity index (χ2n) is 3.38. The first-order valence-electron chi connectivity index (χ1n) is 4.97. The van der Waals surface area contributed by atoms with Gasteiger partial charge in [-0.3, -0.25) is 4.79 Å². The van der Waals surface area contributed by atoms with Crippen molar-refractivity contribution in [3.8, 4) is 0 Å². The van der Waals surface area contributed by atoms with Crippen molar-refractivity contribution in [2.75, 3.05) is 24.6 Å². The molecule has 0 aliphatic heterocycles. The van der Waals surface area contributed by atoms with E-state index in [-0.39, 0.29) is 13.2 Å². The number of anilines is 1. The largest absolute Gasteiger partial charge is 0.395 e. The molecule has 0 fully saturated rings. The monoisotopic (exact) mass is 307 g/mol. The molecule has 1 N–H and O–H groups in total. The van der Waals surface area contributed by atoms with E-state index in [0.29, 0.717) is 22.0 Å². The summed E-state index contributed by atoms with van der Waals surface area (Å²) in [5, 5.41) is 8.84. The van der Waals surface area contributed by atoms with Crippen molar-refractivity contribution >= 4 is 27.9 Å². The highest BCUT2D eigenvalue weighted by molar-refractivity contribution is 9.10. The van der Waals surface area contributed by atoms with Crippen LogP contribution in [0.15, 0.2) is 22.7 Å². The highest BCUT2D eigenvalue weighted by atomic mass is 79.9. The molecule has 0 saturated carbocycles. The zero-order chi connectivity index (χ0) is 12.8. The van der Waals surface area contributed by atoms with Gasteiger partial charge in [-0.15, -0.1) is 0 Å². The Hall–Kier alpha value is -1.01. The van der Waals surface area contributed by atoms with Crippen molar-refractivity contribution in [1.82, 2.24) is 0 Å². The molecule has 94 valence electrons. The van der Waals surface area contributed by atoms with Gasteiger partial charge in [0.15, 0.2) is 6.29 Å². The number of nitrogens with zero attached hydrogens (tertiary/aromatic N) is 1. The van der Waals surface area contributed by atoms with Crippen LogP contribution in [-0.2, 0) is 0 Å². The van der Waals surface area contributed by atoms with E-state index >= 15 is 0 Å². The van der Waals surface area contributed by atoms with Crippen molar-refractivity contribution in [1.29, 1.82) is 0 Å². The highest BCUT2D eigenvalue weighted by Crippen LogP contribution is 2.23. The van der Waals surface area contributed by atoms with Gasteiger partial charge in [0.2, 0.25) is 0 Å². The van der Waals surface area contributed by atoms with Crippen LogP contribution in [0.2, 0.25) is 0 Å². The van der Waals surface area contributed by atoms with Crippen molar-refractivity contribution in [3.05, 3.63) is 28.2 Å². The van der Waals surface area contributed by atoms with Crippen molar-refractivity contribution < 1.29 is 18.7 Å². The summed E-state index contributed by atoms with van der Waals surface area (Å²) in [6.07, 6.45) is -1.92. The Morgan fingerprint density at radius 3 is 2.71 bits per heavy atom.